The number of hydrogen-bond acceptors (Lipinski definition) is 3. The number of halogens is 1. The summed E-state index contributed by atoms with van der Waals surface area (Å²) in [6, 6.07) is 7.50. The van der Waals surface area contributed by atoms with E-state index in [2.05, 4.69) is 26.6 Å². The van der Waals surface area contributed by atoms with Crippen LogP contribution in [0.2, 0.25) is 0 Å². The Balaban J connectivity index is 1.44. The highest BCUT2D eigenvalue weighted by molar-refractivity contribution is 9.10. The van der Waals surface area contributed by atoms with Crippen LogP contribution in [0.4, 0.5) is 5.69 Å². The van der Waals surface area contributed by atoms with Gasteiger partial charge in [0.1, 0.15) is 5.92 Å². The highest BCUT2D eigenvalue weighted by Gasteiger charge is 2.38. The van der Waals surface area contributed by atoms with E-state index in [0.29, 0.717) is 26.1 Å². The quantitative estimate of drug-likeness (QED) is 0.545. The molecule has 3 amide bonds. The van der Waals surface area contributed by atoms with Gasteiger partial charge in [0.2, 0.25) is 17.7 Å². The minimum Gasteiger partial charge on any atom is -0.354 e. The number of carbonyl (C=O) groups excluding carboxylic acids is 3. The van der Waals surface area contributed by atoms with E-state index >= 15 is 0 Å². The van der Waals surface area contributed by atoms with Gasteiger partial charge in [-0.3, -0.25) is 14.4 Å². The average Bonchev–Trinajstić information content (AvgIpc) is 3.29. The van der Waals surface area contributed by atoms with E-state index in [1.54, 1.807) is 4.90 Å². The van der Waals surface area contributed by atoms with Gasteiger partial charge in [0, 0.05) is 30.0 Å². The monoisotopic (exact) mass is 421 g/mol. The Labute approximate surface area is 161 Å². The summed E-state index contributed by atoms with van der Waals surface area (Å²) >= 11 is 3.45. The molecule has 1 saturated carbocycles. The van der Waals surface area contributed by atoms with Crippen LogP contribution in [0.25, 0.3) is 0 Å². The number of carbonyl (C=O) groups is 3. The summed E-state index contributed by atoms with van der Waals surface area (Å²) in [6.45, 7) is 1.27. The van der Waals surface area contributed by atoms with Gasteiger partial charge in [0.25, 0.3) is 0 Å². The topological polar surface area (TPSA) is 78.5 Å². The molecule has 0 radical (unpaired) electrons. The normalized spacial score (nSPS) is 20.4. The van der Waals surface area contributed by atoms with Crippen molar-refractivity contribution in [2.75, 3.05) is 24.5 Å². The van der Waals surface area contributed by atoms with Crippen molar-refractivity contribution in [3.8, 4) is 0 Å². The van der Waals surface area contributed by atoms with Crippen LogP contribution in [0, 0.1) is 11.8 Å². The lowest BCUT2D eigenvalue weighted by Gasteiger charge is -2.18. The largest absolute Gasteiger partial charge is 0.354 e. The van der Waals surface area contributed by atoms with Gasteiger partial charge in [-0.05, 0) is 47.3 Å². The first-order valence-electron chi connectivity index (χ1n) is 9.19. The molecule has 3 rings (SSSR count). The summed E-state index contributed by atoms with van der Waals surface area (Å²) in [5.41, 5.74) is 0.789. The summed E-state index contributed by atoms with van der Waals surface area (Å²) in [7, 11) is 0. The van der Waals surface area contributed by atoms with Crippen LogP contribution in [0.1, 0.15) is 32.1 Å². The third-order valence-electron chi connectivity index (χ3n) is 5.11. The van der Waals surface area contributed by atoms with E-state index in [1.807, 2.05) is 24.3 Å². The zero-order chi connectivity index (χ0) is 18.5. The predicted octanol–water partition coefficient (Wildman–Crippen LogP) is 2.22. The first-order valence-corrected chi connectivity index (χ1v) is 9.98. The molecule has 7 heteroatoms. The summed E-state index contributed by atoms with van der Waals surface area (Å²) in [5.74, 6) is -0.898. The molecule has 1 heterocycles. The maximum Gasteiger partial charge on any atom is 0.239 e. The van der Waals surface area contributed by atoms with Crippen LogP contribution in [0.15, 0.2) is 28.7 Å². The Hall–Kier alpha value is -1.89. The van der Waals surface area contributed by atoms with Crippen molar-refractivity contribution >= 4 is 39.3 Å². The van der Waals surface area contributed by atoms with E-state index in [1.165, 1.54) is 0 Å². The molecule has 0 aromatic heterocycles. The number of para-hydroxylation sites is 1. The molecule has 140 valence electrons. The molecular weight excluding hydrogens is 398 g/mol. The first-order chi connectivity index (χ1) is 12.6. The Morgan fingerprint density at radius 3 is 2.38 bits per heavy atom. The number of rotatable bonds is 6. The third kappa shape index (κ3) is 4.26. The van der Waals surface area contributed by atoms with Gasteiger partial charge in [-0.25, -0.2) is 0 Å². The highest BCUT2D eigenvalue weighted by Crippen LogP contribution is 2.31. The van der Waals surface area contributed by atoms with Gasteiger partial charge in [-0.15, -0.1) is 0 Å². The molecule has 0 bridgehead atoms. The molecule has 1 atom stereocenters. The number of anilines is 1. The second-order valence-corrected chi connectivity index (χ2v) is 7.70. The molecule has 26 heavy (non-hydrogen) atoms. The molecule has 1 aliphatic carbocycles. The lowest BCUT2D eigenvalue weighted by atomic mass is 10.1. The van der Waals surface area contributed by atoms with Crippen LogP contribution in [-0.4, -0.2) is 37.4 Å². The predicted molar refractivity (Wildman–Crippen MR) is 103 cm³/mol. The molecule has 1 aromatic carbocycles. The van der Waals surface area contributed by atoms with E-state index in [-0.39, 0.29) is 23.6 Å². The van der Waals surface area contributed by atoms with Gasteiger partial charge in [-0.2, -0.15) is 0 Å². The smallest absolute Gasteiger partial charge is 0.239 e. The molecule has 0 spiro atoms. The van der Waals surface area contributed by atoms with Crippen molar-refractivity contribution in [3.05, 3.63) is 28.7 Å². The second-order valence-electron chi connectivity index (χ2n) is 6.85. The van der Waals surface area contributed by atoms with Crippen molar-refractivity contribution < 1.29 is 14.4 Å². The first kappa shape index (κ1) is 18.9. The van der Waals surface area contributed by atoms with E-state index in [0.717, 1.165) is 35.8 Å². The van der Waals surface area contributed by atoms with E-state index in [9.17, 15) is 14.4 Å². The molecule has 2 N–H and O–H groups in total. The molecule has 1 saturated heterocycles. The average molecular weight is 422 g/mol. The van der Waals surface area contributed by atoms with E-state index in [4.69, 9.17) is 0 Å². The van der Waals surface area contributed by atoms with Crippen LogP contribution < -0.4 is 15.5 Å². The highest BCUT2D eigenvalue weighted by atomic mass is 79.9. The van der Waals surface area contributed by atoms with Crippen LogP contribution >= 0.6 is 15.9 Å². The fourth-order valence-electron chi connectivity index (χ4n) is 3.66. The van der Waals surface area contributed by atoms with Crippen molar-refractivity contribution in [1.29, 1.82) is 0 Å². The summed E-state index contributed by atoms with van der Waals surface area (Å²) in [6.07, 6.45) is 4.65. The van der Waals surface area contributed by atoms with Crippen molar-refractivity contribution in [1.82, 2.24) is 10.6 Å². The number of benzene rings is 1. The summed E-state index contributed by atoms with van der Waals surface area (Å²) in [4.78, 5) is 38.5. The molecule has 2 aliphatic rings. The fraction of sp³-hybridized carbons (Fsp3) is 0.526. The molecule has 1 aromatic rings. The third-order valence-corrected chi connectivity index (χ3v) is 5.79. The maximum atomic E-state index is 12.6. The van der Waals surface area contributed by atoms with Crippen molar-refractivity contribution in [2.45, 2.75) is 32.1 Å². The van der Waals surface area contributed by atoms with Gasteiger partial charge in [0.05, 0.1) is 5.69 Å². The maximum absolute atomic E-state index is 12.6. The molecular formula is C19H24BrN3O3. The number of nitrogens with zero attached hydrogens (tertiary/aromatic N) is 1. The summed E-state index contributed by atoms with van der Waals surface area (Å²) in [5, 5.41) is 5.64. The SMILES string of the molecule is O=C(NCCNC(=O)C1CCN(c2ccccc2Br)C1=O)C1CCCC1. The fourth-order valence-corrected chi connectivity index (χ4v) is 4.16. The molecule has 2 fully saturated rings. The van der Waals surface area contributed by atoms with Crippen LogP contribution in [0.3, 0.4) is 0 Å². The van der Waals surface area contributed by atoms with Crippen molar-refractivity contribution in [3.63, 3.8) is 0 Å². The van der Waals surface area contributed by atoms with Crippen molar-refractivity contribution in [2.24, 2.45) is 11.8 Å². The zero-order valence-electron chi connectivity index (χ0n) is 14.7. The van der Waals surface area contributed by atoms with Crippen LogP contribution in [-0.2, 0) is 14.4 Å². The Morgan fingerprint density at radius 1 is 1.04 bits per heavy atom. The summed E-state index contributed by atoms with van der Waals surface area (Å²) < 4.78 is 0.837. The van der Waals surface area contributed by atoms with Gasteiger partial charge in [0.15, 0.2) is 0 Å². The Bertz CT molecular complexity index is 688. The number of hydrogen-bond donors (Lipinski definition) is 2. The van der Waals surface area contributed by atoms with Gasteiger partial charge >= 0.3 is 0 Å². The number of nitrogens with one attached hydrogen (secondary N) is 2. The number of amides is 3. The second kappa shape index (κ2) is 8.66. The zero-order valence-corrected chi connectivity index (χ0v) is 16.3. The lowest BCUT2D eigenvalue weighted by Crippen LogP contribution is -2.41. The Kier molecular flexibility index (Phi) is 6.29. The minimum absolute atomic E-state index is 0.0776. The van der Waals surface area contributed by atoms with E-state index < -0.39 is 5.92 Å². The van der Waals surface area contributed by atoms with Gasteiger partial charge < -0.3 is 15.5 Å². The van der Waals surface area contributed by atoms with Crippen LogP contribution in [0.5, 0.6) is 0 Å². The minimum atomic E-state index is -0.660. The molecule has 6 nitrogen and oxygen atoms in total. The standard InChI is InChI=1S/C19H24BrN3O3/c20-15-7-3-4-8-16(15)23-12-9-14(19(23)26)18(25)22-11-10-21-17(24)13-5-1-2-6-13/h3-4,7-8,13-14H,1-2,5-6,9-12H2,(H,21,24)(H,22,25). The molecule has 1 unspecified atom stereocenters. The lowest BCUT2D eigenvalue weighted by molar-refractivity contribution is -0.132. The van der Waals surface area contributed by atoms with Gasteiger partial charge in [-0.1, -0.05) is 25.0 Å². The molecule has 1 aliphatic heterocycles. The Morgan fingerprint density at radius 2 is 1.69 bits per heavy atom.